The van der Waals surface area contributed by atoms with Crippen LogP contribution in [0.15, 0.2) is 52.9 Å². The van der Waals surface area contributed by atoms with Crippen LogP contribution < -0.4 is 0 Å². The molecule has 0 N–H and O–H groups in total. The van der Waals surface area contributed by atoms with Crippen molar-refractivity contribution in [3.05, 3.63) is 71.0 Å². The summed E-state index contributed by atoms with van der Waals surface area (Å²) < 4.78 is 6.35. The second-order valence-corrected chi connectivity index (χ2v) is 9.24. The summed E-state index contributed by atoms with van der Waals surface area (Å²) in [7, 11) is 0. The number of aryl methyl sites for hydroxylation is 2. The zero-order valence-corrected chi connectivity index (χ0v) is 19.1. The van der Waals surface area contributed by atoms with E-state index >= 15 is 0 Å². The normalized spacial score (nSPS) is 12.1. The first kappa shape index (κ1) is 19.7. The van der Waals surface area contributed by atoms with Crippen LogP contribution in [0.1, 0.15) is 62.0 Å². The molecule has 156 valence electrons. The molecule has 0 spiro atoms. The minimum atomic E-state index is 0.337. The molecule has 0 unspecified atom stereocenters. The molecule has 5 rings (SSSR count). The minimum absolute atomic E-state index is 0.337. The fourth-order valence-electron chi connectivity index (χ4n) is 4.50. The predicted molar refractivity (Wildman–Crippen MR) is 130 cm³/mol. The van der Waals surface area contributed by atoms with Crippen molar-refractivity contribution in [1.82, 2.24) is 9.97 Å². The molecule has 5 aromatic rings. The second-order valence-electron chi connectivity index (χ2n) is 9.24. The van der Waals surface area contributed by atoms with Crippen LogP contribution in [0.25, 0.3) is 44.1 Å². The van der Waals surface area contributed by atoms with Crippen LogP contribution in [0, 0.1) is 13.8 Å². The molecule has 0 bridgehead atoms. The molecule has 0 amide bonds. The topological polar surface area (TPSA) is 38.9 Å². The van der Waals surface area contributed by atoms with Gasteiger partial charge in [-0.05, 0) is 72.5 Å². The van der Waals surface area contributed by atoms with E-state index in [1.54, 1.807) is 0 Å². The monoisotopic (exact) mass is 408 g/mol. The molecule has 0 saturated carbocycles. The molecule has 31 heavy (non-hydrogen) atoms. The number of furan rings is 1. The molecule has 0 saturated heterocycles. The molecule has 0 aliphatic rings. The number of aromatic nitrogens is 2. The minimum Gasteiger partial charge on any atom is -0.437 e. The molecule has 3 heteroatoms. The van der Waals surface area contributed by atoms with Gasteiger partial charge in [-0.15, -0.1) is 0 Å². The molecule has 0 fully saturated rings. The zero-order valence-electron chi connectivity index (χ0n) is 19.1. The summed E-state index contributed by atoms with van der Waals surface area (Å²) in [5.41, 5.74) is 8.20. The lowest BCUT2D eigenvalue weighted by Crippen LogP contribution is -1.99. The molecular formula is C28H28N2O. The predicted octanol–water partition coefficient (Wildman–Crippen LogP) is 8.06. The lowest BCUT2D eigenvalue weighted by atomic mass is 9.91. The van der Waals surface area contributed by atoms with E-state index in [0.29, 0.717) is 17.5 Å². The Hall–Kier alpha value is -3.20. The lowest BCUT2D eigenvalue weighted by molar-refractivity contribution is 0.653. The summed E-state index contributed by atoms with van der Waals surface area (Å²) in [6, 6.07) is 17.4. The van der Waals surface area contributed by atoms with Gasteiger partial charge in [0.2, 0.25) is 5.71 Å². The van der Waals surface area contributed by atoms with E-state index in [9.17, 15) is 0 Å². The van der Waals surface area contributed by atoms with Crippen molar-refractivity contribution in [2.75, 3.05) is 0 Å². The van der Waals surface area contributed by atoms with E-state index in [0.717, 1.165) is 39.0 Å². The van der Waals surface area contributed by atoms with Gasteiger partial charge in [-0.3, -0.25) is 4.98 Å². The molecule has 3 aromatic heterocycles. The van der Waals surface area contributed by atoms with Crippen molar-refractivity contribution in [2.24, 2.45) is 0 Å². The largest absolute Gasteiger partial charge is 0.437 e. The summed E-state index contributed by atoms with van der Waals surface area (Å²) in [4.78, 5) is 9.81. The van der Waals surface area contributed by atoms with Crippen molar-refractivity contribution >= 4 is 32.8 Å². The van der Waals surface area contributed by atoms with E-state index in [-0.39, 0.29) is 0 Å². The maximum atomic E-state index is 6.35. The number of pyridine rings is 2. The molecular weight excluding hydrogens is 380 g/mol. The Balaban J connectivity index is 1.93. The highest BCUT2D eigenvalue weighted by molar-refractivity contribution is 6.11. The Morgan fingerprint density at radius 3 is 2.29 bits per heavy atom. The Labute approximate surface area is 183 Å². The first-order chi connectivity index (χ1) is 14.8. The van der Waals surface area contributed by atoms with Gasteiger partial charge in [0.1, 0.15) is 5.58 Å². The third-order valence-corrected chi connectivity index (χ3v) is 6.12. The molecule has 0 aliphatic heterocycles. The lowest BCUT2D eigenvalue weighted by Gasteiger charge is -2.16. The quantitative estimate of drug-likeness (QED) is 0.303. The van der Waals surface area contributed by atoms with Crippen molar-refractivity contribution in [1.29, 1.82) is 0 Å². The van der Waals surface area contributed by atoms with Gasteiger partial charge in [0.05, 0.1) is 5.69 Å². The van der Waals surface area contributed by atoms with Crippen molar-refractivity contribution in [2.45, 2.75) is 53.4 Å². The van der Waals surface area contributed by atoms with Gasteiger partial charge in [0.15, 0.2) is 0 Å². The zero-order chi connectivity index (χ0) is 21.9. The number of rotatable bonds is 3. The van der Waals surface area contributed by atoms with Gasteiger partial charge < -0.3 is 4.42 Å². The first-order valence-electron chi connectivity index (χ1n) is 11.1. The van der Waals surface area contributed by atoms with Gasteiger partial charge in [0, 0.05) is 33.1 Å². The Morgan fingerprint density at radius 2 is 1.55 bits per heavy atom. The average Bonchev–Trinajstić information content (AvgIpc) is 3.09. The molecule has 3 nitrogen and oxygen atoms in total. The number of hydrogen-bond acceptors (Lipinski definition) is 3. The number of fused-ring (bicyclic) bond motifs is 4. The third kappa shape index (κ3) is 3.20. The summed E-state index contributed by atoms with van der Waals surface area (Å²) in [5, 5.41) is 4.61. The highest BCUT2D eigenvalue weighted by atomic mass is 16.3. The number of benzene rings is 2. The fourth-order valence-corrected chi connectivity index (χ4v) is 4.50. The molecule has 3 heterocycles. The van der Waals surface area contributed by atoms with E-state index in [1.165, 1.54) is 21.9 Å². The highest BCUT2D eigenvalue weighted by Gasteiger charge is 2.19. The maximum absolute atomic E-state index is 6.35. The van der Waals surface area contributed by atoms with Crippen molar-refractivity contribution in [3.8, 4) is 11.3 Å². The van der Waals surface area contributed by atoms with Gasteiger partial charge in [0.25, 0.3) is 0 Å². The van der Waals surface area contributed by atoms with Crippen LogP contribution in [0.2, 0.25) is 0 Å². The summed E-state index contributed by atoms with van der Waals surface area (Å²) in [6.45, 7) is 13.0. The highest BCUT2D eigenvalue weighted by Crippen LogP contribution is 2.40. The molecule has 0 atom stereocenters. The van der Waals surface area contributed by atoms with E-state index < -0.39 is 0 Å². The molecule has 0 aliphatic carbocycles. The smallest absolute Gasteiger partial charge is 0.227 e. The average molecular weight is 409 g/mol. The number of hydrogen-bond donors (Lipinski definition) is 0. The van der Waals surface area contributed by atoms with Crippen LogP contribution in [-0.4, -0.2) is 9.97 Å². The third-order valence-electron chi connectivity index (χ3n) is 6.12. The van der Waals surface area contributed by atoms with Crippen molar-refractivity contribution < 1.29 is 4.42 Å². The van der Waals surface area contributed by atoms with Crippen LogP contribution in [0.3, 0.4) is 0 Å². The van der Waals surface area contributed by atoms with E-state index in [4.69, 9.17) is 9.40 Å². The van der Waals surface area contributed by atoms with Gasteiger partial charge in [-0.25, -0.2) is 4.98 Å². The molecule has 2 aromatic carbocycles. The summed E-state index contributed by atoms with van der Waals surface area (Å²) in [6.07, 6.45) is 0. The van der Waals surface area contributed by atoms with Crippen LogP contribution in [-0.2, 0) is 0 Å². The summed E-state index contributed by atoms with van der Waals surface area (Å²) >= 11 is 0. The Kier molecular flexibility index (Phi) is 4.58. The fraction of sp³-hybridized carbons (Fsp3) is 0.286. The van der Waals surface area contributed by atoms with E-state index in [2.05, 4.69) is 82.1 Å². The van der Waals surface area contributed by atoms with Crippen LogP contribution >= 0.6 is 0 Å². The first-order valence-corrected chi connectivity index (χ1v) is 11.1. The van der Waals surface area contributed by atoms with Gasteiger partial charge >= 0.3 is 0 Å². The second kappa shape index (κ2) is 7.19. The van der Waals surface area contributed by atoms with Crippen LogP contribution in [0.4, 0.5) is 0 Å². The Morgan fingerprint density at radius 1 is 0.742 bits per heavy atom. The van der Waals surface area contributed by atoms with Crippen molar-refractivity contribution in [3.63, 3.8) is 0 Å². The van der Waals surface area contributed by atoms with Crippen LogP contribution in [0.5, 0.6) is 0 Å². The van der Waals surface area contributed by atoms with Gasteiger partial charge in [-0.1, -0.05) is 45.9 Å². The SMILES string of the molecule is Cc1cc(-c2nc(C(C)C)cc3c(C(C)C)cccc23)c2oc3nc(C)ccc3c2c1. The Bertz CT molecular complexity index is 1460. The standard InChI is InChI=1S/C28H28N2O/c1-15(2)19-8-7-9-20-22(19)14-25(16(3)4)30-26(20)24-13-17(5)12-23-21-11-10-18(6)29-28(21)31-27(23)24/h7-16H,1-6H3. The maximum Gasteiger partial charge on any atom is 0.227 e. The van der Waals surface area contributed by atoms with E-state index in [1.807, 2.05) is 13.0 Å². The number of nitrogens with zero attached hydrogens (tertiary/aromatic N) is 2. The van der Waals surface area contributed by atoms with Gasteiger partial charge in [-0.2, -0.15) is 0 Å². The molecule has 0 radical (unpaired) electrons. The summed E-state index contributed by atoms with van der Waals surface area (Å²) in [5.74, 6) is 0.776.